The number of carboxylic acid groups (broad SMARTS) is 1. The van der Waals surface area contributed by atoms with E-state index in [-0.39, 0.29) is 13.0 Å². The van der Waals surface area contributed by atoms with Gasteiger partial charge in [-0.15, -0.1) is 0 Å². The average Bonchev–Trinajstić information content (AvgIpc) is 2.41. The summed E-state index contributed by atoms with van der Waals surface area (Å²) in [4.78, 5) is 25.5. The van der Waals surface area contributed by atoms with Crippen molar-refractivity contribution in [1.82, 2.24) is 0 Å². The van der Waals surface area contributed by atoms with Crippen molar-refractivity contribution in [2.24, 2.45) is 5.11 Å². The van der Waals surface area contributed by atoms with Crippen molar-refractivity contribution in [2.45, 2.75) is 51.9 Å². The monoisotopic (exact) mass is 317 g/mol. The Morgan fingerprint density at radius 2 is 2.09 bits per heavy atom. The second-order valence-electron chi connectivity index (χ2n) is 6.43. The van der Waals surface area contributed by atoms with E-state index < -0.39 is 17.3 Å². The number of azide groups is 1. The van der Waals surface area contributed by atoms with Gasteiger partial charge >= 0.3 is 5.97 Å². The van der Waals surface area contributed by atoms with E-state index in [9.17, 15) is 14.7 Å². The summed E-state index contributed by atoms with van der Waals surface area (Å²) in [5.41, 5.74) is 11.5. The molecule has 0 aliphatic carbocycles. The number of hydrogen-bond acceptors (Lipinski definition) is 3. The summed E-state index contributed by atoms with van der Waals surface area (Å²) in [5.74, 6) is -1.72. The van der Waals surface area contributed by atoms with Gasteiger partial charge in [-0.25, -0.2) is 0 Å². The first-order valence-corrected chi connectivity index (χ1v) is 7.53. The summed E-state index contributed by atoms with van der Waals surface area (Å²) in [6.45, 7) is 7.85. The topological polar surface area (TPSA) is 103 Å². The molecule has 0 saturated carbocycles. The number of carbonyl (C=O) groups is 2. The molecule has 1 aromatic rings. The predicted octanol–water partition coefficient (Wildman–Crippen LogP) is 4.04. The van der Waals surface area contributed by atoms with Crippen molar-refractivity contribution in [1.29, 1.82) is 0 Å². The number of carboxylic acids is 1. The molecule has 0 aromatic heterocycles. The molecule has 0 amide bonds. The van der Waals surface area contributed by atoms with Gasteiger partial charge in [-0.1, -0.05) is 36.7 Å². The van der Waals surface area contributed by atoms with Gasteiger partial charge in [0.2, 0.25) is 0 Å². The van der Waals surface area contributed by atoms with Gasteiger partial charge in [0.25, 0.3) is 0 Å². The Bertz CT molecular complexity index is 647. The summed E-state index contributed by atoms with van der Waals surface area (Å²) < 4.78 is 0. The molecule has 6 nitrogen and oxygen atoms in total. The van der Waals surface area contributed by atoms with Gasteiger partial charge in [0.1, 0.15) is 6.29 Å². The highest BCUT2D eigenvalue weighted by molar-refractivity contribution is 5.77. The van der Waals surface area contributed by atoms with Crippen LogP contribution in [0.4, 0.5) is 0 Å². The third kappa shape index (κ3) is 4.57. The second-order valence-corrected chi connectivity index (χ2v) is 6.43. The normalized spacial score (nSPS) is 12.3. The Balaban J connectivity index is 3.49. The van der Waals surface area contributed by atoms with Crippen molar-refractivity contribution in [3.05, 3.63) is 44.8 Å². The minimum Gasteiger partial charge on any atom is -0.481 e. The summed E-state index contributed by atoms with van der Waals surface area (Å²) in [6, 6.07) is 3.86. The number of nitrogens with zero attached hydrogens (tertiary/aromatic N) is 3. The fraction of sp³-hybridized carbons (Fsp3) is 0.529. The number of carbonyl (C=O) groups excluding carboxylic acids is 1. The number of benzene rings is 1. The molecule has 0 fully saturated rings. The van der Waals surface area contributed by atoms with Crippen LogP contribution in [0.25, 0.3) is 10.4 Å². The zero-order valence-electron chi connectivity index (χ0n) is 14.0. The average molecular weight is 317 g/mol. The molecule has 1 rings (SSSR count). The van der Waals surface area contributed by atoms with Crippen molar-refractivity contribution in [3.63, 3.8) is 0 Å². The van der Waals surface area contributed by atoms with E-state index in [0.717, 1.165) is 23.0 Å². The van der Waals surface area contributed by atoms with Crippen LogP contribution in [0.2, 0.25) is 0 Å². The van der Waals surface area contributed by atoms with Crippen molar-refractivity contribution in [2.75, 3.05) is 6.54 Å². The van der Waals surface area contributed by atoms with E-state index in [1.165, 1.54) is 0 Å². The van der Waals surface area contributed by atoms with Crippen LogP contribution in [0.5, 0.6) is 0 Å². The standard InChI is InChI=1S/C17H23N3O3/c1-11-9-12(2)15(17(3,4)6-8-21)14(10-11)13(16(22)23)5-7-19-20-18/h8-10,13H,5-7H2,1-4H3,(H,22,23). The van der Waals surface area contributed by atoms with Gasteiger partial charge in [0.05, 0.1) is 5.92 Å². The Kier molecular flexibility index (Phi) is 6.34. The Labute approximate surface area is 136 Å². The van der Waals surface area contributed by atoms with Gasteiger partial charge in [-0.05, 0) is 47.9 Å². The molecule has 1 N–H and O–H groups in total. The van der Waals surface area contributed by atoms with E-state index in [1.54, 1.807) is 0 Å². The highest BCUT2D eigenvalue weighted by atomic mass is 16.4. The van der Waals surface area contributed by atoms with E-state index in [1.807, 2.05) is 39.8 Å². The molecule has 0 heterocycles. The van der Waals surface area contributed by atoms with Gasteiger partial charge in [0, 0.05) is 17.9 Å². The lowest BCUT2D eigenvalue weighted by Crippen LogP contribution is -2.25. The highest BCUT2D eigenvalue weighted by Gasteiger charge is 2.31. The number of aliphatic carboxylic acids is 1. The zero-order chi connectivity index (χ0) is 17.6. The molecule has 0 aliphatic rings. The van der Waals surface area contributed by atoms with E-state index >= 15 is 0 Å². The molecule has 23 heavy (non-hydrogen) atoms. The van der Waals surface area contributed by atoms with Crippen LogP contribution in [-0.4, -0.2) is 23.9 Å². The summed E-state index contributed by atoms with van der Waals surface area (Å²) in [7, 11) is 0. The molecule has 1 unspecified atom stereocenters. The van der Waals surface area contributed by atoms with E-state index in [0.29, 0.717) is 12.0 Å². The van der Waals surface area contributed by atoms with Gasteiger partial charge in [0.15, 0.2) is 0 Å². The largest absolute Gasteiger partial charge is 0.481 e. The molecule has 0 saturated heterocycles. The molecule has 0 aliphatic heterocycles. The van der Waals surface area contributed by atoms with Crippen LogP contribution in [0.1, 0.15) is 54.9 Å². The molecule has 0 spiro atoms. The molecule has 124 valence electrons. The number of aldehydes is 1. The minimum atomic E-state index is -0.953. The van der Waals surface area contributed by atoms with Crippen LogP contribution < -0.4 is 0 Å². The van der Waals surface area contributed by atoms with Crippen LogP contribution >= 0.6 is 0 Å². The molecule has 6 heteroatoms. The lowest BCUT2D eigenvalue weighted by Gasteiger charge is -2.30. The lowest BCUT2D eigenvalue weighted by atomic mass is 9.73. The number of hydrogen-bond donors (Lipinski definition) is 1. The van der Waals surface area contributed by atoms with Crippen LogP contribution in [0, 0.1) is 13.8 Å². The maximum Gasteiger partial charge on any atom is 0.310 e. The lowest BCUT2D eigenvalue weighted by molar-refractivity contribution is -0.138. The molecular formula is C17H23N3O3. The summed E-state index contributed by atoms with van der Waals surface area (Å²) in [6.07, 6.45) is 1.40. The molecule has 0 bridgehead atoms. The van der Waals surface area contributed by atoms with Crippen LogP contribution in [0.15, 0.2) is 17.2 Å². The Morgan fingerprint density at radius 1 is 1.43 bits per heavy atom. The fourth-order valence-electron chi connectivity index (χ4n) is 3.15. The number of aryl methyl sites for hydroxylation is 2. The molecular weight excluding hydrogens is 294 g/mol. The van der Waals surface area contributed by atoms with E-state index in [2.05, 4.69) is 10.0 Å². The summed E-state index contributed by atoms with van der Waals surface area (Å²) in [5, 5.41) is 13.1. The predicted molar refractivity (Wildman–Crippen MR) is 88.6 cm³/mol. The van der Waals surface area contributed by atoms with Gasteiger partial charge < -0.3 is 9.90 Å². The van der Waals surface area contributed by atoms with Crippen molar-refractivity contribution >= 4 is 12.3 Å². The first-order valence-electron chi connectivity index (χ1n) is 7.53. The first kappa shape index (κ1) is 18.7. The van der Waals surface area contributed by atoms with Crippen LogP contribution in [0.3, 0.4) is 0 Å². The zero-order valence-corrected chi connectivity index (χ0v) is 14.0. The maximum atomic E-state index is 11.7. The van der Waals surface area contributed by atoms with Gasteiger partial charge in [-0.3, -0.25) is 4.79 Å². The van der Waals surface area contributed by atoms with Crippen molar-refractivity contribution < 1.29 is 14.7 Å². The smallest absolute Gasteiger partial charge is 0.310 e. The van der Waals surface area contributed by atoms with Gasteiger partial charge in [-0.2, -0.15) is 0 Å². The Hall–Kier alpha value is -2.33. The Morgan fingerprint density at radius 3 is 2.61 bits per heavy atom. The maximum absolute atomic E-state index is 11.7. The minimum absolute atomic E-state index is 0.119. The van der Waals surface area contributed by atoms with Crippen molar-refractivity contribution in [3.8, 4) is 0 Å². The third-order valence-electron chi connectivity index (χ3n) is 4.04. The first-order chi connectivity index (χ1) is 10.7. The second kappa shape index (κ2) is 7.79. The molecule has 1 atom stereocenters. The fourth-order valence-corrected chi connectivity index (χ4v) is 3.15. The molecule has 1 aromatic carbocycles. The quantitative estimate of drug-likeness (QED) is 0.338. The SMILES string of the molecule is Cc1cc(C)c(C(C)(C)CC=O)c(C(CCN=[N+]=[N-])C(=O)O)c1. The van der Waals surface area contributed by atoms with Crippen LogP contribution in [-0.2, 0) is 15.0 Å². The highest BCUT2D eigenvalue weighted by Crippen LogP contribution is 2.37. The molecule has 0 radical (unpaired) electrons. The third-order valence-corrected chi connectivity index (χ3v) is 4.04. The van der Waals surface area contributed by atoms with E-state index in [4.69, 9.17) is 5.53 Å². The summed E-state index contributed by atoms with van der Waals surface area (Å²) >= 11 is 0. The number of rotatable bonds is 8.